The number of hydrogen-bond donors (Lipinski definition) is 3. The average Bonchev–Trinajstić information content (AvgIpc) is 3.53. The van der Waals surface area contributed by atoms with Gasteiger partial charge >= 0.3 is 5.97 Å². The summed E-state index contributed by atoms with van der Waals surface area (Å²) in [5.41, 5.74) is -1.88. The first-order valence-electron chi connectivity index (χ1n) is 24.3. The second kappa shape index (κ2) is 19.4. The van der Waals surface area contributed by atoms with E-state index in [9.17, 15) is 20.1 Å². The molecule has 368 valence electrons. The van der Waals surface area contributed by atoms with Crippen LogP contribution in [0.2, 0.25) is 0 Å². The summed E-state index contributed by atoms with van der Waals surface area (Å²) in [4.78, 5) is 14.6. The van der Waals surface area contributed by atoms with E-state index < -0.39 is 101 Å². The van der Waals surface area contributed by atoms with E-state index in [-0.39, 0.29) is 24.5 Å². The van der Waals surface area contributed by atoms with E-state index in [4.69, 9.17) is 47.4 Å². The first-order valence-corrected chi connectivity index (χ1v) is 24.3. The summed E-state index contributed by atoms with van der Waals surface area (Å²) >= 11 is 0. The number of esters is 1. The van der Waals surface area contributed by atoms with Gasteiger partial charge in [-0.25, -0.2) is 0 Å². The molecule has 2 bridgehead atoms. The summed E-state index contributed by atoms with van der Waals surface area (Å²) in [5.74, 6) is -3.39. The van der Waals surface area contributed by atoms with Crippen LogP contribution in [0.1, 0.15) is 128 Å². The van der Waals surface area contributed by atoms with Gasteiger partial charge in [-0.3, -0.25) is 4.79 Å². The summed E-state index contributed by atoms with van der Waals surface area (Å²) in [6.07, 6.45) is 7.69. The zero-order chi connectivity index (χ0) is 47.4. The third-order valence-corrected chi connectivity index (χ3v) is 16.6. The van der Waals surface area contributed by atoms with Crippen LogP contribution in [0, 0.1) is 23.7 Å². The molecule has 20 atom stereocenters. The third-order valence-electron chi connectivity index (χ3n) is 16.6. The molecule has 0 saturated carbocycles. The number of ether oxygens (including phenoxy) is 10. The Bertz CT molecular complexity index is 1830. The lowest BCUT2D eigenvalue weighted by Crippen LogP contribution is -2.65. The van der Waals surface area contributed by atoms with Gasteiger partial charge in [0.15, 0.2) is 17.9 Å². The summed E-state index contributed by atoms with van der Waals surface area (Å²) in [6.45, 7) is 22.0. The SMILES string of the molecule is CC[C@H](C)[C@@]1(C)O[C@]2(CCC1C)CC1C[C@@H](C/C=C(\C)C(O[C@H]3C[C@H](OC)C(O[C@@]4(C)C[C@H](OC)C(O)[C@H](C)O4)[C@H](C)O3)[C@@H](C)/C=C/C=C3\CO[C@]4(C)[C@H](O)C(C)=C[C@@H](C(=O)O1)[C@]34O)O2. The Morgan fingerprint density at radius 2 is 1.66 bits per heavy atom. The van der Waals surface area contributed by atoms with Gasteiger partial charge in [-0.05, 0) is 89.9 Å². The van der Waals surface area contributed by atoms with E-state index in [1.165, 1.54) is 0 Å². The molecule has 14 heteroatoms. The van der Waals surface area contributed by atoms with Gasteiger partial charge in [0.1, 0.15) is 41.5 Å². The molecule has 0 radical (unpaired) electrons. The van der Waals surface area contributed by atoms with Gasteiger partial charge in [0.05, 0.1) is 48.8 Å². The number of fused-ring (bicyclic) bond motifs is 2. The number of carbonyl (C=O) groups excluding carboxylic acids is 1. The molecule has 7 rings (SSSR count). The normalized spacial score (nSPS) is 51.1. The molecule has 0 amide bonds. The molecule has 0 aromatic heterocycles. The maximum atomic E-state index is 14.6. The lowest BCUT2D eigenvalue weighted by molar-refractivity contribution is -0.366. The highest BCUT2D eigenvalue weighted by molar-refractivity contribution is 5.79. The Balaban J connectivity index is 1.21. The molecule has 6 aliphatic heterocycles. The van der Waals surface area contributed by atoms with Gasteiger partial charge in [0.25, 0.3) is 0 Å². The van der Waals surface area contributed by atoms with Crippen molar-refractivity contribution in [3.63, 3.8) is 0 Å². The lowest BCUT2D eigenvalue weighted by atomic mass is 9.64. The van der Waals surface area contributed by atoms with Crippen LogP contribution in [0.4, 0.5) is 0 Å². The lowest BCUT2D eigenvalue weighted by Gasteiger charge is -2.55. The number of methoxy groups -OCH3 is 2. The Morgan fingerprint density at radius 1 is 0.938 bits per heavy atom. The molecule has 0 aromatic carbocycles. The Labute approximate surface area is 387 Å². The van der Waals surface area contributed by atoms with E-state index in [2.05, 4.69) is 47.6 Å². The molecule has 3 N–H and O–H groups in total. The van der Waals surface area contributed by atoms with Crippen LogP contribution in [0.3, 0.4) is 0 Å². The standard InChI is InChI=1S/C51H80O14/c1-14-31(5)48(10)32(6)20-21-50(65-48)25-37-23-36(63-50)19-18-29(3)43(28(2)16-15-17-35-27-58-49(11)45(53)30(4)22-38(46(54)60-37)51(35,49)55)61-41-24-39(56-12)44(34(8)59-41)64-47(9)26-40(57-13)42(52)33(7)62-47/h15-18,22,28,31-34,36-45,52-53,55H,14,19-21,23-27H2,1-13H3/b16-15+,29-18+,35-17+/t28-,31-,32?,33-,34-,36+,37?,38-,39-,40-,41-,42?,43?,44?,45+,47-,48+,49+,50+,51+/m0/s1. The second-order valence-electron chi connectivity index (χ2n) is 21.1. The van der Waals surface area contributed by atoms with Crippen molar-refractivity contribution in [1.29, 1.82) is 0 Å². The molecule has 65 heavy (non-hydrogen) atoms. The Morgan fingerprint density at radius 3 is 2.35 bits per heavy atom. The van der Waals surface area contributed by atoms with Crippen molar-refractivity contribution in [1.82, 2.24) is 0 Å². The molecule has 7 aliphatic rings. The summed E-state index contributed by atoms with van der Waals surface area (Å²) in [6, 6.07) is 0. The van der Waals surface area contributed by atoms with Crippen LogP contribution >= 0.6 is 0 Å². The van der Waals surface area contributed by atoms with Gasteiger partial charge in [-0.2, -0.15) is 0 Å². The van der Waals surface area contributed by atoms with E-state index in [1.54, 1.807) is 40.2 Å². The topological polar surface area (TPSA) is 170 Å². The van der Waals surface area contributed by atoms with Crippen molar-refractivity contribution in [2.75, 3.05) is 20.8 Å². The van der Waals surface area contributed by atoms with E-state index in [0.717, 1.165) is 18.4 Å². The predicted octanol–water partition coefficient (Wildman–Crippen LogP) is 6.77. The fraction of sp³-hybridized carbons (Fsp3) is 0.824. The van der Waals surface area contributed by atoms with Crippen molar-refractivity contribution in [3.05, 3.63) is 47.1 Å². The monoisotopic (exact) mass is 917 g/mol. The third kappa shape index (κ3) is 9.52. The first kappa shape index (κ1) is 50.8. The minimum atomic E-state index is -1.89. The molecular weight excluding hydrogens is 837 g/mol. The largest absolute Gasteiger partial charge is 0.462 e. The maximum Gasteiger partial charge on any atom is 0.316 e. The highest BCUT2D eigenvalue weighted by Crippen LogP contribution is 2.54. The number of hydrogen-bond acceptors (Lipinski definition) is 14. The quantitative estimate of drug-likeness (QED) is 0.172. The van der Waals surface area contributed by atoms with Gasteiger partial charge in [-0.1, -0.05) is 64.5 Å². The fourth-order valence-corrected chi connectivity index (χ4v) is 12.0. The Hall–Kier alpha value is -2.05. The maximum absolute atomic E-state index is 14.6. The molecule has 1 spiro atoms. The zero-order valence-electron chi connectivity index (χ0n) is 41.2. The highest BCUT2D eigenvalue weighted by Gasteiger charge is 2.67. The number of aliphatic hydroxyl groups is 3. The zero-order valence-corrected chi connectivity index (χ0v) is 41.2. The predicted molar refractivity (Wildman–Crippen MR) is 241 cm³/mol. The van der Waals surface area contributed by atoms with Crippen molar-refractivity contribution in [2.24, 2.45) is 23.7 Å². The summed E-state index contributed by atoms with van der Waals surface area (Å²) in [5, 5.41) is 35.0. The molecule has 14 nitrogen and oxygen atoms in total. The van der Waals surface area contributed by atoms with Crippen LogP contribution in [-0.4, -0.2) is 138 Å². The number of aliphatic hydroxyl groups excluding tert-OH is 2. The average molecular weight is 917 g/mol. The molecule has 1 aliphatic carbocycles. The fourth-order valence-electron chi connectivity index (χ4n) is 12.0. The highest BCUT2D eigenvalue weighted by atomic mass is 16.7. The summed E-state index contributed by atoms with van der Waals surface area (Å²) < 4.78 is 65.2. The molecule has 5 unspecified atom stereocenters. The number of rotatable bonds is 8. The smallest absolute Gasteiger partial charge is 0.316 e. The van der Waals surface area contributed by atoms with Crippen molar-refractivity contribution >= 4 is 5.97 Å². The Kier molecular flexibility index (Phi) is 15.2. The van der Waals surface area contributed by atoms with Crippen LogP contribution in [0.5, 0.6) is 0 Å². The van der Waals surface area contributed by atoms with E-state index in [0.29, 0.717) is 55.6 Å². The van der Waals surface area contributed by atoms with Crippen LogP contribution < -0.4 is 0 Å². The minimum Gasteiger partial charge on any atom is -0.462 e. The molecule has 0 aromatic rings. The van der Waals surface area contributed by atoms with Gasteiger partial charge in [0, 0.05) is 52.2 Å². The van der Waals surface area contributed by atoms with Crippen molar-refractivity contribution in [2.45, 2.75) is 223 Å². The molecule has 6 heterocycles. The van der Waals surface area contributed by atoms with Crippen LogP contribution in [0.15, 0.2) is 47.1 Å². The number of allylic oxidation sites excluding steroid dienone is 2. The molecule has 5 saturated heterocycles. The van der Waals surface area contributed by atoms with Gasteiger partial charge in [-0.15, -0.1) is 0 Å². The van der Waals surface area contributed by atoms with E-state index in [1.807, 2.05) is 32.9 Å². The summed E-state index contributed by atoms with van der Waals surface area (Å²) in [7, 11) is 3.23. The first-order chi connectivity index (χ1) is 30.6. The number of carbonyl (C=O) groups is 1. The van der Waals surface area contributed by atoms with Gasteiger partial charge in [0.2, 0.25) is 0 Å². The molecular formula is C51H80O14. The molecule has 5 fully saturated rings. The second-order valence-corrected chi connectivity index (χ2v) is 21.1. The van der Waals surface area contributed by atoms with E-state index >= 15 is 0 Å². The van der Waals surface area contributed by atoms with Gasteiger partial charge < -0.3 is 62.7 Å². The van der Waals surface area contributed by atoms with Crippen LogP contribution in [-0.2, 0) is 52.2 Å². The van der Waals surface area contributed by atoms with Crippen molar-refractivity contribution < 1.29 is 67.5 Å². The minimum absolute atomic E-state index is 0.0143. The van der Waals surface area contributed by atoms with Crippen molar-refractivity contribution in [3.8, 4) is 0 Å². The van der Waals surface area contributed by atoms with Crippen LogP contribution in [0.25, 0.3) is 0 Å².